The van der Waals surface area contributed by atoms with Crippen LogP contribution in [0.15, 0.2) is 34.5 Å². The number of carboxylic acid groups (broad SMARTS) is 1. The van der Waals surface area contributed by atoms with Crippen molar-refractivity contribution >= 4 is 40.1 Å². The summed E-state index contributed by atoms with van der Waals surface area (Å²) in [4.78, 5) is 25.3. The van der Waals surface area contributed by atoms with Crippen LogP contribution < -0.4 is 10.1 Å². The number of carbonyl (C=O) groups excluding carboxylic acids is 1. The molecule has 1 heterocycles. The van der Waals surface area contributed by atoms with Gasteiger partial charge in [0.1, 0.15) is 16.3 Å². The van der Waals surface area contributed by atoms with Crippen molar-refractivity contribution in [3.8, 4) is 5.75 Å². The maximum atomic E-state index is 11.7. The Morgan fingerprint density at radius 3 is 2.50 bits per heavy atom. The van der Waals surface area contributed by atoms with Crippen LogP contribution in [0.4, 0.5) is 9.80 Å². The minimum absolute atomic E-state index is 0.133. The zero-order valence-corrected chi connectivity index (χ0v) is 15.2. The number of carboxylic acids is 1. The van der Waals surface area contributed by atoms with E-state index in [2.05, 4.69) is 5.32 Å². The normalized spacial score (nSPS) is 10.3. The first kappa shape index (κ1) is 18.2. The Balaban J connectivity index is 2.13. The van der Waals surface area contributed by atoms with Crippen molar-refractivity contribution in [1.82, 2.24) is 4.90 Å². The van der Waals surface area contributed by atoms with Gasteiger partial charge in [0.05, 0.1) is 7.11 Å². The van der Waals surface area contributed by atoms with E-state index in [9.17, 15) is 14.7 Å². The van der Waals surface area contributed by atoms with Crippen LogP contribution in [0.25, 0.3) is 0 Å². The summed E-state index contributed by atoms with van der Waals surface area (Å²) < 4.78 is 5.12. The monoisotopic (exact) mass is 366 g/mol. The Hall–Kier alpha value is -2.19. The van der Waals surface area contributed by atoms with Crippen molar-refractivity contribution < 1.29 is 19.4 Å². The van der Waals surface area contributed by atoms with Crippen LogP contribution in [-0.2, 0) is 5.75 Å². The Bertz CT molecular complexity index is 726. The van der Waals surface area contributed by atoms with Crippen molar-refractivity contribution in [2.75, 3.05) is 26.5 Å². The number of ether oxygens (including phenoxy) is 1. The van der Waals surface area contributed by atoms with Gasteiger partial charge in [-0.3, -0.25) is 5.32 Å². The maximum Gasteiger partial charge on any atom is 0.339 e. The number of thioether (sulfide) groups is 1. The number of nitrogens with zero attached hydrogens (tertiary/aromatic N) is 1. The Kier molecular flexibility index (Phi) is 6.10. The molecule has 0 aliphatic rings. The molecule has 0 fully saturated rings. The number of urea groups is 1. The molecular formula is C16H18N2O4S2. The third kappa shape index (κ3) is 4.42. The Morgan fingerprint density at radius 1 is 1.29 bits per heavy atom. The molecule has 0 saturated carbocycles. The quantitative estimate of drug-likeness (QED) is 0.760. The van der Waals surface area contributed by atoms with Crippen molar-refractivity contribution in [3.05, 3.63) is 40.8 Å². The van der Waals surface area contributed by atoms with Gasteiger partial charge in [0.25, 0.3) is 0 Å². The second-order valence-corrected chi connectivity index (χ2v) is 6.97. The highest BCUT2D eigenvalue weighted by atomic mass is 32.2. The van der Waals surface area contributed by atoms with E-state index in [1.807, 2.05) is 24.3 Å². The highest BCUT2D eigenvalue weighted by Gasteiger charge is 2.20. The summed E-state index contributed by atoms with van der Waals surface area (Å²) in [7, 11) is 4.81. The number of hydrogen-bond acceptors (Lipinski definition) is 5. The van der Waals surface area contributed by atoms with E-state index in [0.29, 0.717) is 15.6 Å². The standard InChI is InChI=1S/C16H18N2O4S2/c1-18(2)16(21)17-14-13(15(19)20)12(9-24-14)23-8-10-4-6-11(22-3)7-5-10/h4-7,9H,8H2,1-3H3,(H,17,21)(H,19,20). The van der Waals surface area contributed by atoms with Gasteiger partial charge in [-0.25, -0.2) is 9.59 Å². The lowest BCUT2D eigenvalue weighted by Crippen LogP contribution is -2.27. The number of carbonyl (C=O) groups is 2. The minimum Gasteiger partial charge on any atom is -0.497 e. The van der Waals surface area contributed by atoms with Crippen molar-refractivity contribution in [2.24, 2.45) is 0 Å². The van der Waals surface area contributed by atoms with Crippen LogP contribution in [0.1, 0.15) is 15.9 Å². The molecule has 0 aliphatic heterocycles. The lowest BCUT2D eigenvalue weighted by atomic mass is 10.2. The average Bonchev–Trinajstić information content (AvgIpc) is 2.96. The molecule has 1 aromatic heterocycles. The number of methoxy groups -OCH3 is 1. The van der Waals surface area contributed by atoms with E-state index in [-0.39, 0.29) is 11.6 Å². The van der Waals surface area contributed by atoms with E-state index in [1.54, 1.807) is 26.6 Å². The first-order chi connectivity index (χ1) is 11.4. The van der Waals surface area contributed by atoms with Crippen LogP contribution in [0.2, 0.25) is 0 Å². The second kappa shape index (κ2) is 8.07. The van der Waals surface area contributed by atoms with E-state index in [1.165, 1.54) is 28.0 Å². The third-order valence-electron chi connectivity index (χ3n) is 3.15. The van der Waals surface area contributed by atoms with Crippen LogP contribution in [-0.4, -0.2) is 43.2 Å². The highest BCUT2D eigenvalue weighted by molar-refractivity contribution is 7.98. The van der Waals surface area contributed by atoms with E-state index in [0.717, 1.165) is 11.3 Å². The Morgan fingerprint density at radius 2 is 1.96 bits per heavy atom. The van der Waals surface area contributed by atoms with Crippen LogP contribution in [0.5, 0.6) is 5.75 Å². The second-order valence-electron chi connectivity index (χ2n) is 5.07. The zero-order chi connectivity index (χ0) is 17.7. The number of hydrogen-bond donors (Lipinski definition) is 2. The molecule has 2 rings (SSSR count). The number of nitrogens with one attached hydrogen (secondary N) is 1. The zero-order valence-electron chi connectivity index (χ0n) is 13.5. The van der Waals surface area contributed by atoms with Crippen LogP contribution in [0.3, 0.4) is 0 Å². The molecule has 0 atom stereocenters. The van der Waals surface area contributed by atoms with Crippen molar-refractivity contribution in [3.63, 3.8) is 0 Å². The molecule has 0 saturated heterocycles. The van der Waals surface area contributed by atoms with Gasteiger partial charge in [0.2, 0.25) is 0 Å². The van der Waals surface area contributed by atoms with Crippen molar-refractivity contribution in [1.29, 1.82) is 0 Å². The number of amides is 2. The Labute approximate surface area is 148 Å². The number of thiophene rings is 1. The van der Waals surface area contributed by atoms with Crippen LogP contribution in [0, 0.1) is 0 Å². The minimum atomic E-state index is -1.05. The summed E-state index contributed by atoms with van der Waals surface area (Å²) in [5, 5.41) is 14.2. The lowest BCUT2D eigenvalue weighted by molar-refractivity contribution is 0.0695. The highest BCUT2D eigenvalue weighted by Crippen LogP contribution is 2.36. The third-order valence-corrected chi connectivity index (χ3v) is 5.31. The summed E-state index contributed by atoms with van der Waals surface area (Å²) in [5.74, 6) is 0.351. The van der Waals surface area contributed by atoms with Gasteiger partial charge in [-0.1, -0.05) is 12.1 Å². The first-order valence-electron chi connectivity index (χ1n) is 7.01. The van der Waals surface area contributed by atoms with Gasteiger partial charge in [0, 0.05) is 30.1 Å². The van der Waals surface area contributed by atoms with Crippen LogP contribution >= 0.6 is 23.1 Å². The first-order valence-corrected chi connectivity index (χ1v) is 8.87. The van der Waals surface area contributed by atoms with Gasteiger partial charge in [-0.2, -0.15) is 0 Å². The summed E-state index contributed by atoms with van der Waals surface area (Å²) in [6.45, 7) is 0. The molecule has 2 amide bonds. The van der Waals surface area contributed by atoms with E-state index in [4.69, 9.17) is 4.74 Å². The predicted octanol–water partition coefficient (Wildman–Crippen LogP) is 3.84. The fourth-order valence-corrected chi connectivity index (χ4v) is 3.97. The van der Waals surface area contributed by atoms with Crippen molar-refractivity contribution in [2.45, 2.75) is 10.6 Å². The predicted molar refractivity (Wildman–Crippen MR) is 96.5 cm³/mol. The number of rotatable bonds is 6. The van der Waals surface area contributed by atoms with Gasteiger partial charge in [-0.05, 0) is 17.7 Å². The number of benzene rings is 1. The molecular weight excluding hydrogens is 348 g/mol. The van der Waals surface area contributed by atoms with E-state index >= 15 is 0 Å². The molecule has 8 heteroatoms. The van der Waals surface area contributed by atoms with Gasteiger partial charge < -0.3 is 14.7 Å². The molecule has 0 radical (unpaired) electrons. The summed E-state index contributed by atoms with van der Waals surface area (Å²) in [6, 6.07) is 7.25. The maximum absolute atomic E-state index is 11.7. The topological polar surface area (TPSA) is 78.9 Å². The average molecular weight is 366 g/mol. The molecule has 24 heavy (non-hydrogen) atoms. The molecule has 1 aromatic carbocycles. The number of aromatic carboxylic acids is 1. The fourth-order valence-electron chi connectivity index (χ4n) is 1.83. The molecule has 0 unspecified atom stereocenters. The van der Waals surface area contributed by atoms with E-state index < -0.39 is 5.97 Å². The molecule has 2 aromatic rings. The smallest absolute Gasteiger partial charge is 0.339 e. The fraction of sp³-hybridized carbons (Fsp3) is 0.250. The molecule has 128 valence electrons. The molecule has 2 N–H and O–H groups in total. The molecule has 0 aliphatic carbocycles. The lowest BCUT2D eigenvalue weighted by Gasteiger charge is -2.11. The molecule has 0 bridgehead atoms. The SMILES string of the molecule is COc1ccc(CSc2csc(NC(=O)N(C)C)c2C(=O)O)cc1. The molecule has 0 spiro atoms. The van der Waals surface area contributed by atoms with Gasteiger partial charge in [-0.15, -0.1) is 23.1 Å². The number of anilines is 1. The van der Waals surface area contributed by atoms with Gasteiger partial charge >= 0.3 is 12.0 Å². The summed E-state index contributed by atoms with van der Waals surface area (Å²) in [6.07, 6.45) is 0. The largest absolute Gasteiger partial charge is 0.497 e. The molecule has 6 nitrogen and oxygen atoms in total. The van der Waals surface area contributed by atoms with Gasteiger partial charge in [0.15, 0.2) is 0 Å². The summed E-state index contributed by atoms with van der Waals surface area (Å²) >= 11 is 2.63. The summed E-state index contributed by atoms with van der Waals surface area (Å²) in [5.41, 5.74) is 1.19.